The van der Waals surface area contributed by atoms with E-state index in [0.717, 1.165) is 18.9 Å². The SMILES string of the molecule is C[C@@H]1CN(c2ccc(F)cn2)C[C@H](C)O1. The lowest BCUT2D eigenvalue weighted by Gasteiger charge is -2.36. The average molecular weight is 210 g/mol. The molecule has 0 saturated carbocycles. The number of hydrogen-bond donors (Lipinski definition) is 0. The Morgan fingerprint density at radius 2 is 2.00 bits per heavy atom. The highest BCUT2D eigenvalue weighted by Gasteiger charge is 2.22. The Balaban J connectivity index is 2.12. The lowest BCUT2D eigenvalue weighted by atomic mass is 10.2. The molecule has 3 nitrogen and oxygen atoms in total. The number of ether oxygens (including phenoxy) is 1. The van der Waals surface area contributed by atoms with E-state index in [1.54, 1.807) is 6.07 Å². The first kappa shape index (κ1) is 10.4. The zero-order valence-corrected chi connectivity index (χ0v) is 8.98. The largest absolute Gasteiger partial charge is 0.372 e. The highest BCUT2D eigenvalue weighted by Crippen LogP contribution is 2.17. The zero-order valence-electron chi connectivity index (χ0n) is 8.98. The molecule has 0 amide bonds. The van der Waals surface area contributed by atoms with Crippen molar-refractivity contribution in [3.63, 3.8) is 0 Å². The van der Waals surface area contributed by atoms with Crippen molar-refractivity contribution >= 4 is 5.82 Å². The third kappa shape index (κ3) is 2.45. The molecular formula is C11H15FN2O. The number of hydrogen-bond acceptors (Lipinski definition) is 3. The number of anilines is 1. The van der Waals surface area contributed by atoms with Crippen LogP contribution in [0.25, 0.3) is 0 Å². The van der Waals surface area contributed by atoms with E-state index < -0.39 is 0 Å². The van der Waals surface area contributed by atoms with Gasteiger partial charge in [0.1, 0.15) is 11.6 Å². The Morgan fingerprint density at radius 3 is 2.53 bits per heavy atom. The second kappa shape index (κ2) is 4.14. The molecule has 0 radical (unpaired) electrons. The highest BCUT2D eigenvalue weighted by molar-refractivity contribution is 5.38. The van der Waals surface area contributed by atoms with Crippen LogP contribution in [-0.2, 0) is 4.74 Å². The van der Waals surface area contributed by atoms with E-state index >= 15 is 0 Å². The highest BCUT2D eigenvalue weighted by atomic mass is 19.1. The van der Waals surface area contributed by atoms with Gasteiger partial charge in [0.15, 0.2) is 0 Å². The number of morpholine rings is 1. The molecule has 1 aromatic heterocycles. The number of nitrogens with zero attached hydrogens (tertiary/aromatic N) is 2. The summed E-state index contributed by atoms with van der Waals surface area (Å²) in [5.74, 6) is 0.520. The second-order valence-corrected chi connectivity index (χ2v) is 4.00. The van der Waals surface area contributed by atoms with Gasteiger partial charge in [-0.25, -0.2) is 9.37 Å². The lowest BCUT2D eigenvalue weighted by molar-refractivity contribution is -0.00546. The van der Waals surface area contributed by atoms with Crippen LogP contribution >= 0.6 is 0 Å². The van der Waals surface area contributed by atoms with E-state index in [4.69, 9.17) is 4.74 Å². The standard InChI is InChI=1S/C11H15FN2O/c1-8-6-14(7-9(2)15-8)11-4-3-10(12)5-13-11/h3-5,8-9H,6-7H2,1-2H3/t8-,9+. The first-order valence-electron chi connectivity index (χ1n) is 5.17. The van der Waals surface area contributed by atoms with Crippen LogP contribution in [0.4, 0.5) is 10.2 Å². The molecule has 15 heavy (non-hydrogen) atoms. The molecule has 1 aromatic rings. The van der Waals surface area contributed by atoms with Gasteiger partial charge in [0.05, 0.1) is 18.4 Å². The lowest BCUT2D eigenvalue weighted by Crippen LogP contribution is -2.45. The molecule has 1 aliphatic heterocycles. The predicted molar refractivity (Wildman–Crippen MR) is 56.4 cm³/mol. The predicted octanol–water partition coefficient (Wildman–Crippen LogP) is 1.83. The molecule has 0 N–H and O–H groups in total. The summed E-state index contributed by atoms with van der Waals surface area (Å²) < 4.78 is 18.3. The third-order valence-corrected chi connectivity index (χ3v) is 2.46. The third-order valence-electron chi connectivity index (χ3n) is 2.46. The molecule has 2 rings (SSSR count). The van der Waals surface area contributed by atoms with E-state index in [1.807, 2.05) is 13.8 Å². The number of aromatic nitrogens is 1. The maximum Gasteiger partial charge on any atom is 0.141 e. The fourth-order valence-electron chi connectivity index (χ4n) is 1.92. The molecular weight excluding hydrogens is 195 g/mol. The Hall–Kier alpha value is -1.16. The molecule has 4 heteroatoms. The van der Waals surface area contributed by atoms with Crippen molar-refractivity contribution in [3.8, 4) is 0 Å². The number of rotatable bonds is 1. The van der Waals surface area contributed by atoms with E-state index in [1.165, 1.54) is 12.3 Å². The zero-order chi connectivity index (χ0) is 10.8. The maximum atomic E-state index is 12.7. The van der Waals surface area contributed by atoms with Crippen molar-refractivity contribution < 1.29 is 9.13 Å². The fraction of sp³-hybridized carbons (Fsp3) is 0.545. The summed E-state index contributed by atoms with van der Waals surface area (Å²) in [6.07, 6.45) is 1.64. The summed E-state index contributed by atoms with van der Waals surface area (Å²) in [7, 11) is 0. The van der Waals surface area contributed by atoms with Gasteiger partial charge in [-0.1, -0.05) is 0 Å². The minimum atomic E-state index is -0.298. The molecule has 2 atom stereocenters. The van der Waals surface area contributed by atoms with Crippen LogP contribution in [0.5, 0.6) is 0 Å². The Kier molecular flexibility index (Phi) is 2.86. The molecule has 0 spiro atoms. The minimum absolute atomic E-state index is 0.195. The topological polar surface area (TPSA) is 25.4 Å². The van der Waals surface area contributed by atoms with Gasteiger partial charge in [-0.2, -0.15) is 0 Å². The number of halogens is 1. The van der Waals surface area contributed by atoms with Gasteiger partial charge in [-0.05, 0) is 26.0 Å². The van der Waals surface area contributed by atoms with Crippen molar-refractivity contribution in [1.82, 2.24) is 4.98 Å². The Bertz CT molecular complexity index is 318. The van der Waals surface area contributed by atoms with Crippen molar-refractivity contribution in [1.29, 1.82) is 0 Å². The van der Waals surface area contributed by atoms with Gasteiger partial charge in [0, 0.05) is 13.1 Å². The van der Waals surface area contributed by atoms with Crippen molar-refractivity contribution in [2.45, 2.75) is 26.1 Å². The van der Waals surface area contributed by atoms with Crippen LogP contribution in [0.15, 0.2) is 18.3 Å². The smallest absolute Gasteiger partial charge is 0.141 e. The van der Waals surface area contributed by atoms with E-state index in [2.05, 4.69) is 9.88 Å². The summed E-state index contributed by atoms with van der Waals surface area (Å²) in [6.45, 7) is 5.68. The average Bonchev–Trinajstić information content (AvgIpc) is 2.17. The van der Waals surface area contributed by atoms with Crippen LogP contribution in [0.3, 0.4) is 0 Å². The summed E-state index contributed by atoms with van der Waals surface area (Å²) >= 11 is 0. The van der Waals surface area contributed by atoms with Crippen molar-refractivity contribution in [2.75, 3.05) is 18.0 Å². The van der Waals surface area contributed by atoms with Crippen molar-refractivity contribution in [3.05, 3.63) is 24.1 Å². The molecule has 0 aliphatic carbocycles. The minimum Gasteiger partial charge on any atom is -0.372 e. The van der Waals surface area contributed by atoms with Crippen molar-refractivity contribution in [2.24, 2.45) is 0 Å². The second-order valence-electron chi connectivity index (χ2n) is 4.00. The van der Waals surface area contributed by atoms with Gasteiger partial charge in [0.2, 0.25) is 0 Å². The molecule has 0 unspecified atom stereocenters. The quantitative estimate of drug-likeness (QED) is 0.707. The molecule has 1 fully saturated rings. The molecule has 82 valence electrons. The van der Waals surface area contributed by atoms with Crippen LogP contribution in [0.2, 0.25) is 0 Å². The summed E-state index contributed by atoms with van der Waals surface area (Å²) in [4.78, 5) is 6.19. The van der Waals surface area contributed by atoms with Crippen LogP contribution < -0.4 is 4.90 Å². The molecule has 2 heterocycles. The molecule has 0 bridgehead atoms. The summed E-state index contributed by atoms with van der Waals surface area (Å²) in [5, 5.41) is 0. The molecule has 1 aliphatic rings. The van der Waals surface area contributed by atoms with Crippen LogP contribution in [0.1, 0.15) is 13.8 Å². The monoisotopic (exact) mass is 210 g/mol. The van der Waals surface area contributed by atoms with Gasteiger partial charge in [0.25, 0.3) is 0 Å². The first-order chi connectivity index (χ1) is 7.15. The Morgan fingerprint density at radius 1 is 1.33 bits per heavy atom. The summed E-state index contributed by atoms with van der Waals surface area (Å²) in [5.41, 5.74) is 0. The van der Waals surface area contributed by atoms with Gasteiger partial charge in [-0.3, -0.25) is 0 Å². The van der Waals surface area contributed by atoms with Crippen LogP contribution in [0, 0.1) is 5.82 Å². The van der Waals surface area contributed by atoms with Gasteiger partial charge >= 0.3 is 0 Å². The summed E-state index contributed by atoms with van der Waals surface area (Å²) in [6, 6.07) is 3.15. The fourth-order valence-corrected chi connectivity index (χ4v) is 1.92. The van der Waals surface area contributed by atoms with E-state index in [0.29, 0.717) is 0 Å². The number of pyridine rings is 1. The van der Waals surface area contributed by atoms with E-state index in [9.17, 15) is 4.39 Å². The van der Waals surface area contributed by atoms with Gasteiger partial charge < -0.3 is 9.64 Å². The molecule has 0 aromatic carbocycles. The van der Waals surface area contributed by atoms with Gasteiger partial charge in [-0.15, -0.1) is 0 Å². The normalized spacial score (nSPS) is 26.7. The van der Waals surface area contributed by atoms with E-state index in [-0.39, 0.29) is 18.0 Å². The Labute approximate surface area is 88.9 Å². The first-order valence-corrected chi connectivity index (χ1v) is 5.17. The maximum absolute atomic E-state index is 12.7. The van der Waals surface area contributed by atoms with Crippen LogP contribution in [-0.4, -0.2) is 30.3 Å². The molecule has 1 saturated heterocycles.